The van der Waals surface area contributed by atoms with Crippen molar-refractivity contribution in [3.8, 4) is 0 Å². The van der Waals surface area contributed by atoms with Crippen molar-refractivity contribution in [2.75, 3.05) is 0 Å². The van der Waals surface area contributed by atoms with Gasteiger partial charge < -0.3 is 5.32 Å². The minimum absolute atomic E-state index is 0.0131. The zero-order valence-corrected chi connectivity index (χ0v) is 13.5. The van der Waals surface area contributed by atoms with Crippen LogP contribution in [-0.4, -0.2) is 20.4 Å². The van der Waals surface area contributed by atoms with E-state index < -0.39 is 10.0 Å². The fourth-order valence-corrected chi connectivity index (χ4v) is 3.53. The molecular formula is C15H22N2O3S. The van der Waals surface area contributed by atoms with E-state index in [0.717, 1.165) is 24.8 Å². The van der Waals surface area contributed by atoms with Crippen LogP contribution in [0.3, 0.4) is 0 Å². The maximum Gasteiger partial charge on any atom is 0.251 e. The number of benzene rings is 1. The van der Waals surface area contributed by atoms with Crippen LogP contribution in [0, 0.1) is 19.8 Å². The standard InChI is InChI=1S/C15H22N2O3S/c1-4-5-11-7-13(11)17-15(18)12-8-14(21(16,19)20)10(3)6-9(12)2/h6,8,11,13H,4-5,7H2,1-3H3,(H,17,18)(H2,16,19,20). The molecule has 1 saturated carbocycles. The van der Waals surface area contributed by atoms with Gasteiger partial charge in [0.25, 0.3) is 5.91 Å². The minimum atomic E-state index is -3.82. The van der Waals surface area contributed by atoms with E-state index in [1.807, 2.05) is 0 Å². The van der Waals surface area contributed by atoms with E-state index >= 15 is 0 Å². The van der Waals surface area contributed by atoms with Crippen LogP contribution in [0.1, 0.15) is 47.7 Å². The summed E-state index contributed by atoms with van der Waals surface area (Å²) in [5, 5.41) is 8.16. The highest BCUT2D eigenvalue weighted by Gasteiger charge is 2.37. The fraction of sp³-hybridized carbons (Fsp3) is 0.533. The Hall–Kier alpha value is -1.40. The van der Waals surface area contributed by atoms with Gasteiger partial charge in [0.15, 0.2) is 0 Å². The van der Waals surface area contributed by atoms with E-state index in [1.54, 1.807) is 19.9 Å². The second-order valence-corrected chi connectivity index (χ2v) is 7.37. The largest absolute Gasteiger partial charge is 0.349 e. The molecule has 0 heterocycles. The van der Waals surface area contributed by atoms with Crippen molar-refractivity contribution in [1.29, 1.82) is 0 Å². The Kier molecular flexibility index (Phi) is 4.39. The average Bonchev–Trinajstić information content (AvgIpc) is 3.05. The molecule has 0 bridgehead atoms. The third-order valence-corrected chi connectivity index (χ3v) is 5.02. The zero-order chi connectivity index (χ0) is 15.8. The van der Waals surface area contributed by atoms with Crippen molar-refractivity contribution in [1.82, 2.24) is 5.32 Å². The molecule has 0 spiro atoms. The number of nitrogens with two attached hydrogens (primary N) is 1. The minimum Gasteiger partial charge on any atom is -0.349 e. The van der Waals surface area contributed by atoms with E-state index in [0.29, 0.717) is 17.0 Å². The molecule has 1 aliphatic carbocycles. The predicted octanol–water partition coefficient (Wildman–Crippen LogP) is 1.87. The molecule has 0 aromatic heterocycles. The van der Waals surface area contributed by atoms with Gasteiger partial charge in [0.1, 0.15) is 0 Å². The van der Waals surface area contributed by atoms with Gasteiger partial charge >= 0.3 is 0 Å². The molecule has 2 rings (SSSR count). The highest BCUT2D eigenvalue weighted by atomic mass is 32.2. The summed E-state index contributed by atoms with van der Waals surface area (Å²) in [5.74, 6) is 0.336. The topological polar surface area (TPSA) is 89.3 Å². The SMILES string of the molecule is CCCC1CC1NC(=O)c1cc(S(N)(=O)=O)c(C)cc1C. The van der Waals surface area contributed by atoms with Gasteiger partial charge in [-0.3, -0.25) is 4.79 Å². The number of amides is 1. The Bertz CT molecular complexity index is 668. The Labute approximate surface area is 126 Å². The number of nitrogens with one attached hydrogen (secondary N) is 1. The summed E-state index contributed by atoms with van der Waals surface area (Å²) in [4.78, 5) is 12.3. The molecule has 1 aliphatic rings. The second kappa shape index (κ2) is 5.77. The summed E-state index contributed by atoms with van der Waals surface area (Å²) >= 11 is 0. The Morgan fingerprint density at radius 2 is 2.00 bits per heavy atom. The number of sulfonamides is 1. The third-order valence-electron chi connectivity index (χ3n) is 3.97. The monoisotopic (exact) mass is 310 g/mol. The maximum absolute atomic E-state index is 12.3. The van der Waals surface area contributed by atoms with Gasteiger partial charge in [0.2, 0.25) is 10.0 Å². The van der Waals surface area contributed by atoms with Gasteiger partial charge in [-0.05, 0) is 49.8 Å². The predicted molar refractivity (Wildman–Crippen MR) is 81.6 cm³/mol. The highest BCUT2D eigenvalue weighted by Crippen LogP contribution is 2.35. The van der Waals surface area contributed by atoms with Gasteiger partial charge in [-0.25, -0.2) is 13.6 Å². The van der Waals surface area contributed by atoms with Gasteiger partial charge in [0.05, 0.1) is 4.90 Å². The van der Waals surface area contributed by atoms with Gasteiger partial charge in [-0.15, -0.1) is 0 Å². The molecule has 1 amide bonds. The van der Waals surface area contributed by atoms with Crippen LogP contribution in [0.5, 0.6) is 0 Å². The van der Waals surface area contributed by atoms with E-state index in [2.05, 4.69) is 12.2 Å². The third kappa shape index (κ3) is 3.63. The summed E-state index contributed by atoms with van der Waals surface area (Å²) in [6, 6.07) is 3.29. The molecule has 1 fully saturated rings. The smallest absolute Gasteiger partial charge is 0.251 e. The molecule has 1 aromatic carbocycles. The summed E-state index contributed by atoms with van der Waals surface area (Å²) in [5.41, 5.74) is 1.69. The van der Waals surface area contributed by atoms with Crippen molar-refractivity contribution >= 4 is 15.9 Å². The Balaban J connectivity index is 2.22. The molecule has 1 aromatic rings. The molecule has 116 valence electrons. The van der Waals surface area contributed by atoms with Gasteiger partial charge in [-0.2, -0.15) is 0 Å². The van der Waals surface area contributed by atoms with E-state index in [-0.39, 0.29) is 16.8 Å². The van der Waals surface area contributed by atoms with Crippen molar-refractivity contribution < 1.29 is 13.2 Å². The van der Waals surface area contributed by atoms with E-state index in [4.69, 9.17) is 5.14 Å². The van der Waals surface area contributed by atoms with E-state index in [1.165, 1.54) is 6.07 Å². The number of hydrogen-bond acceptors (Lipinski definition) is 3. The van der Waals surface area contributed by atoms with Gasteiger partial charge in [-0.1, -0.05) is 19.4 Å². The quantitative estimate of drug-likeness (QED) is 0.870. The molecule has 6 heteroatoms. The van der Waals surface area contributed by atoms with Crippen molar-refractivity contribution in [2.24, 2.45) is 11.1 Å². The second-order valence-electron chi connectivity index (χ2n) is 5.84. The van der Waals surface area contributed by atoms with Crippen LogP contribution in [0.4, 0.5) is 0 Å². The Morgan fingerprint density at radius 3 is 2.57 bits per heavy atom. The molecule has 0 radical (unpaired) electrons. The summed E-state index contributed by atoms with van der Waals surface area (Å²) in [7, 11) is -3.82. The summed E-state index contributed by atoms with van der Waals surface area (Å²) < 4.78 is 23.1. The lowest BCUT2D eigenvalue weighted by Crippen LogP contribution is -2.28. The van der Waals surface area contributed by atoms with E-state index in [9.17, 15) is 13.2 Å². The first-order valence-electron chi connectivity index (χ1n) is 7.19. The average molecular weight is 310 g/mol. The first-order valence-corrected chi connectivity index (χ1v) is 8.73. The van der Waals surface area contributed by atoms with Crippen LogP contribution < -0.4 is 10.5 Å². The van der Waals surface area contributed by atoms with Crippen LogP contribution in [0.25, 0.3) is 0 Å². The molecule has 2 unspecified atom stereocenters. The Morgan fingerprint density at radius 1 is 1.33 bits per heavy atom. The first kappa shape index (κ1) is 16.0. The summed E-state index contributed by atoms with van der Waals surface area (Å²) in [6.45, 7) is 5.59. The van der Waals surface area contributed by atoms with Crippen LogP contribution in [0.15, 0.2) is 17.0 Å². The molecule has 3 N–H and O–H groups in total. The van der Waals surface area contributed by atoms with Crippen molar-refractivity contribution in [2.45, 2.75) is 51.0 Å². The number of aryl methyl sites for hydroxylation is 2. The lowest BCUT2D eigenvalue weighted by Gasteiger charge is -2.11. The highest BCUT2D eigenvalue weighted by molar-refractivity contribution is 7.89. The fourth-order valence-electron chi connectivity index (χ4n) is 2.74. The molecule has 5 nitrogen and oxygen atoms in total. The number of carbonyl (C=O) groups is 1. The lowest BCUT2D eigenvalue weighted by atomic mass is 10.0. The van der Waals surface area contributed by atoms with Crippen LogP contribution in [-0.2, 0) is 10.0 Å². The van der Waals surface area contributed by atoms with Crippen LogP contribution >= 0.6 is 0 Å². The maximum atomic E-state index is 12.3. The molecule has 2 atom stereocenters. The van der Waals surface area contributed by atoms with Crippen LogP contribution in [0.2, 0.25) is 0 Å². The zero-order valence-electron chi connectivity index (χ0n) is 12.6. The number of hydrogen-bond donors (Lipinski definition) is 2. The number of rotatable bonds is 5. The molecule has 0 saturated heterocycles. The molecule has 21 heavy (non-hydrogen) atoms. The summed E-state index contributed by atoms with van der Waals surface area (Å²) in [6.07, 6.45) is 3.23. The van der Waals surface area contributed by atoms with Crippen molar-refractivity contribution in [3.63, 3.8) is 0 Å². The normalized spacial score (nSPS) is 21.1. The number of primary sulfonamides is 1. The van der Waals surface area contributed by atoms with Gasteiger partial charge in [0, 0.05) is 11.6 Å². The molecule has 0 aliphatic heterocycles. The number of carbonyl (C=O) groups excluding carboxylic acids is 1. The first-order chi connectivity index (χ1) is 9.74. The lowest BCUT2D eigenvalue weighted by molar-refractivity contribution is 0.0948. The van der Waals surface area contributed by atoms with Crippen molar-refractivity contribution in [3.05, 3.63) is 28.8 Å². The molecular weight excluding hydrogens is 288 g/mol.